The van der Waals surface area contributed by atoms with Gasteiger partial charge in [0.1, 0.15) is 0 Å². The van der Waals surface area contributed by atoms with Gasteiger partial charge < -0.3 is 15.5 Å². The van der Waals surface area contributed by atoms with Crippen molar-refractivity contribution in [2.24, 2.45) is 10.9 Å². The summed E-state index contributed by atoms with van der Waals surface area (Å²) in [5, 5.41) is 6.92. The van der Waals surface area contributed by atoms with Crippen LogP contribution in [0.25, 0.3) is 0 Å². The van der Waals surface area contributed by atoms with E-state index in [2.05, 4.69) is 58.8 Å². The minimum atomic E-state index is 0.762. The summed E-state index contributed by atoms with van der Waals surface area (Å²) in [5.74, 6) is 1.67. The van der Waals surface area contributed by atoms with Gasteiger partial charge in [-0.05, 0) is 56.4 Å². The largest absolute Gasteiger partial charge is 0.356 e. The van der Waals surface area contributed by atoms with Crippen LogP contribution in [0.5, 0.6) is 0 Å². The fourth-order valence-corrected chi connectivity index (χ4v) is 2.98. The Morgan fingerprint density at radius 1 is 1.18 bits per heavy atom. The van der Waals surface area contributed by atoms with E-state index in [1.165, 1.54) is 37.1 Å². The predicted octanol–water partition coefficient (Wildman–Crippen LogP) is 2.26. The van der Waals surface area contributed by atoms with Crippen LogP contribution in [0.4, 0.5) is 0 Å². The third kappa shape index (κ3) is 5.02. The lowest BCUT2D eigenvalue weighted by Gasteiger charge is -2.29. The van der Waals surface area contributed by atoms with Crippen molar-refractivity contribution >= 4 is 5.96 Å². The van der Waals surface area contributed by atoms with Gasteiger partial charge >= 0.3 is 0 Å². The molecule has 0 aliphatic carbocycles. The minimum absolute atomic E-state index is 0.762. The summed E-state index contributed by atoms with van der Waals surface area (Å²) in [7, 11) is 4.05. The molecule has 0 unspecified atom stereocenters. The average Bonchev–Trinajstić information content (AvgIpc) is 2.57. The smallest absolute Gasteiger partial charge is 0.191 e. The van der Waals surface area contributed by atoms with Gasteiger partial charge in [-0.2, -0.15) is 0 Å². The molecule has 1 aromatic carbocycles. The summed E-state index contributed by atoms with van der Waals surface area (Å²) in [5.41, 5.74) is 2.76. The Bertz CT molecular complexity index is 476. The first kappa shape index (κ1) is 16.8. The molecular formula is C18H30N4. The van der Waals surface area contributed by atoms with Gasteiger partial charge in [0, 0.05) is 20.1 Å². The van der Waals surface area contributed by atoms with E-state index in [-0.39, 0.29) is 0 Å². The van der Waals surface area contributed by atoms with Crippen molar-refractivity contribution in [3.8, 4) is 0 Å². The number of piperidine rings is 1. The van der Waals surface area contributed by atoms with Gasteiger partial charge in [0.2, 0.25) is 0 Å². The van der Waals surface area contributed by atoms with Gasteiger partial charge in [-0.3, -0.25) is 4.99 Å². The lowest BCUT2D eigenvalue weighted by Crippen LogP contribution is -2.42. The van der Waals surface area contributed by atoms with Crippen LogP contribution in [0.2, 0.25) is 0 Å². The predicted molar refractivity (Wildman–Crippen MR) is 94.2 cm³/mol. The molecule has 0 bridgehead atoms. The van der Waals surface area contributed by atoms with Crippen LogP contribution in [-0.4, -0.2) is 44.6 Å². The maximum absolute atomic E-state index is 4.34. The van der Waals surface area contributed by atoms with Crippen LogP contribution in [0.15, 0.2) is 29.3 Å². The molecule has 1 fully saturated rings. The second-order valence-corrected chi connectivity index (χ2v) is 6.18. The number of benzene rings is 1. The molecular weight excluding hydrogens is 272 g/mol. The van der Waals surface area contributed by atoms with Crippen LogP contribution in [0.3, 0.4) is 0 Å². The van der Waals surface area contributed by atoms with Gasteiger partial charge in [-0.1, -0.05) is 31.2 Å². The highest BCUT2D eigenvalue weighted by Crippen LogP contribution is 2.14. The van der Waals surface area contributed by atoms with Gasteiger partial charge in [-0.15, -0.1) is 0 Å². The molecule has 1 aromatic rings. The molecule has 1 aliphatic heterocycles. The first-order valence-corrected chi connectivity index (χ1v) is 8.42. The summed E-state index contributed by atoms with van der Waals surface area (Å²) in [6.45, 7) is 6.47. The third-order valence-electron chi connectivity index (χ3n) is 4.57. The van der Waals surface area contributed by atoms with Gasteiger partial charge in [0.05, 0.1) is 0 Å². The molecule has 122 valence electrons. The van der Waals surface area contributed by atoms with Crippen molar-refractivity contribution in [2.75, 3.05) is 33.7 Å². The molecule has 4 nitrogen and oxygen atoms in total. The van der Waals surface area contributed by atoms with Crippen molar-refractivity contribution in [1.82, 2.24) is 15.5 Å². The second-order valence-electron chi connectivity index (χ2n) is 6.18. The standard InChI is InChI=1S/C18H30N4/c1-4-16-7-5-6-8-17(16)14-21-18(19-2)20-13-15-9-11-22(3)12-10-15/h5-8,15H,4,9-14H2,1-3H3,(H2,19,20,21). The second kappa shape index (κ2) is 8.79. The van der Waals surface area contributed by atoms with Crippen molar-refractivity contribution in [3.63, 3.8) is 0 Å². The Kier molecular flexibility index (Phi) is 6.72. The van der Waals surface area contributed by atoms with Crippen molar-refractivity contribution in [2.45, 2.75) is 32.7 Å². The molecule has 2 rings (SSSR count). The number of hydrogen-bond acceptors (Lipinski definition) is 2. The van der Waals surface area contributed by atoms with E-state index in [0.717, 1.165) is 31.4 Å². The molecule has 0 aromatic heterocycles. The van der Waals surface area contributed by atoms with E-state index < -0.39 is 0 Å². The van der Waals surface area contributed by atoms with Crippen molar-refractivity contribution in [1.29, 1.82) is 0 Å². The highest BCUT2D eigenvalue weighted by Gasteiger charge is 2.16. The molecule has 0 saturated carbocycles. The van der Waals surface area contributed by atoms with E-state index in [9.17, 15) is 0 Å². The Morgan fingerprint density at radius 2 is 1.86 bits per heavy atom. The summed E-state index contributed by atoms with van der Waals surface area (Å²) < 4.78 is 0. The normalized spacial score (nSPS) is 17.5. The Labute approximate surface area is 135 Å². The number of likely N-dealkylation sites (tertiary alicyclic amines) is 1. The van der Waals surface area contributed by atoms with E-state index in [4.69, 9.17) is 0 Å². The first-order chi connectivity index (χ1) is 10.7. The molecule has 0 amide bonds. The topological polar surface area (TPSA) is 39.7 Å². The minimum Gasteiger partial charge on any atom is -0.356 e. The average molecular weight is 302 g/mol. The quantitative estimate of drug-likeness (QED) is 0.647. The van der Waals surface area contributed by atoms with Gasteiger partial charge in [0.25, 0.3) is 0 Å². The van der Waals surface area contributed by atoms with Crippen LogP contribution in [-0.2, 0) is 13.0 Å². The fourth-order valence-electron chi connectivity index (χ4n) is 2.98. The zero-order valence-electron chi connectivity index (χ0n) is 14.2. The first-order valence-electron chi connectivity index (χ1n) is 8.42. The number of aryl methyl sites for hydroxylation is 1. The molecule has 0 radical (unpaired) electrons. The number of nitrogens with one attached hydrogen (secondary N) is 2. The number of hydrogen-bond donors (Lipinski definition) is 2. The van der Waals surface area contributed by atoms with Crippen LogP contribution >= 0.6 is 0 Å². The lowest BCUT2D eigenvalue weighted by molar-refractivity contribution is 0.220. The van der Waals surface area contributed by atoms with E-state index in [1.54, 1.807) is 0 Å². The van der Waals surface area contributed by atoms with E-state index in [0.29, 0.717) is 0 Å². The maximum atomic E-state index is 4.34. The molecule has 0 spiro atoms. The third-order valence-corrected chi connectivity index (χ3v) is 4.57. The maximum Gasteiger partial charge on any atom is 0.191 e. The molecule has 1 saturated heterocycles. The number of nitrogens with zero attached hydrogens (tertiary/aromatic N) is 2. The molecule has 1 heterocycles. The Hall–Kier alpha value is -1.55. The lowest BCUT2D eigenvalue weighted by atomic mass is 9.97. The highest BCUT2D eigenvalue weighted by atomic mass is 15.2. The van der Waals surface area contributed by atoms with Gasteiger partial charge in [0.15, 0.2) is 5.96 Å². The van der Waals surface area contributed by atoms with E-state index in [1.807, 2.05) is 7.05 Å². The molecule has 22 heavy (non-hydrogen) atoms. The zero-order valence-corrected chi connectivity index (χ0v) is 14.2. The van der Waals surface area contributed by atoms with Gasteiger partial charge in [-0.25, -0.2) is 0 Å². The zero-order chi connectivity index (χ0) is 15.8. The summed E-state index contributed by atoms with van der Waals surface area (Å²) in [4.78, 5) is 6.75. The monoisotopic (exact) mass is 302 g/mol. The number of rotatable bonds is 5. The summed E-state index contributed by atoms with van der Waals surface area (Å²) in [6.07, 6.45) is 3.62. The number of guanidine groups is 1. The Balaban J connectivity index is 1.78. The molecule has 1 aliphatic rings. The highest BCUT2D eigenvalue weighted by molar-refractivity contribution is 5.79. The summed E-state index contributed by atoms with van der Waals surface area (Å²) in [6, 6.07) is 8.60. The fraction of sp³-hybridized carbons (Fsp3) is 0.611. The van der Waals surface area contributed by atoms with Crippen molar-refractivity contribution in [3.05, 3.63) is 35.4 Å². The SMILES string of the molecule is CCc1ccccc1CNC(=NC)NCC1CCN(C)CC1. The summed E-state index contributed by atoms with van der Waals surface area (Å²) >= 11 is 0. The van der Waals surface area contributed by atoms with E-state index >= 15 is 0 Å². The van der Waals surface area contributed by atoms with Crippen LogP contribution in [0.1, 0.15) is 30.9 Å². The van der Waals surface area contributed by atoms with Crippen LogP contribution < -0.4 is 10.6 Å². The molecule has 4 heteroatoms. The van der Waals surface area contributed by atoms with Crippen LogP contribution in [0, 0.1) is 5.92 Å². The Morgan fingerprint density at radius 3 is 2.50 bits per heavy atom. The molecule has 0 atom stereocenters. The van der Waals surface area contributed by atoms with Crippen molar-refractivity contribution < 1.29 is 0 Å². The molecule has 2 N–H and O–H groups in total. The number of aliphatic imine (C=N–C) groups is 1.